The SMILES string of the molecule is O=C(NO)/C(F)=C/c1cnc(N[C@]2(Cc3ccccc3)CCNC2)cn1. The molecule has 0 bridgehead atoms. The molecule has 0 radical (unpaired) electrons. The number of benzene rings is 1. The van der Waals surface area contributed by atoms with Gasteiger partial charge >= 0.3 is 5.91 Å². The molecule has 1 atom stereocenters. The quantitative estimate of drug-likeness (QED) is 0.357. The maximum atomic E-state index is 13.4. The molecule has 1 aromatic carbocycles. The van der Waals surface area contributed by atoms with E-state index in [0.717, 1.165) is 32.0 Å². The van der Waals surface area contributed by atoms with Gasteiger partial charge in [-0.25, -0.2) is 14.9 Å². The Hall–Kier alpha value is -2.84. The molecule has 0 spiro atoms. The number of halogens is 1. The summed E-state index contributed by atoms with van der Waals surface area (Å²) in [7, 11) is 0. The van der Waals surface area contributed by atoms with Crippen LogP contribution in [0.15, 0.2) is 48.6 Å². The second-order valence-electron chi connectivity index (χ2n) is 6.25. The fourth-order valence-corrected chi connectivity index (χ4v) is 3.03. The zero-order chi connectivity index (χ0) is 18.4. The van der Waals surface area contributed by atoms with E-state index in [9.17, 15) is 9.18 Å². The second kappa shape index (κ2) is 8.03. The first kappa shape index (κ1) is 18.0. The highest BCUT2D eigenvalue weighted by Gasteiger charge is 2.34. The molecule has 1 amide bonds. The largest absolute Gasteiger partial charge is 0.362 e. The van der Waals surface area contributed by atoms with Gasteiger partial charge in [-0.1, -0.05) is 30.3 Å². The molecule has 1 aliphatic heterocycles. The fraction of sp³-hybridized carbons (Fsp3) is 0.278. The molecule has 8 heteroatoms. The van der Waals surface area contributed by atoms with Gasteiger partial charge in [0.05, 0.1) is 23.6 Å². The molecule has 3 rings (SSSR count). The molecule has 26 heavy (non-hydrogen) atoms. The summed E-state index contributed by atoms with van der Waals surface area (Å²) in [5, 5.41) is 15.2. The van der Waals surface area contributed by atoms with Crippen molar-refractivity contribution in [3.8, 4) is 0 Å². The van der Waals surface area contributed by atoms with Gasteiger partial charge in [0.15, 0.2) is 5.83 Å². The first-order valence-corrected chi connectivity index (χ1v) is 8.27. The van der Waals surface area contributed by atoms with Gasteiger partial charge in [-0.2, -0.15) is 0 Å². The highest BCUT2D eigenvalue weighted by Crippen LogP contribution is 2.25. The summed E-state index contributed by atoms with van der Waals surface area (Å²) in [6, 6.07) is 10.2. The fourth-order valence-electron chi connectivity index (χ4n) is 3.03. The number of nitrogens with zero attached hydrogens (tertiary/aromatic N) is 2. The first-order chi connectivity index (χ1) is 12.6. The van der Waals surface area contributed by atoms with E-state index < -0.39 is 11.7 Å². The Morgan fingerprint density at radius 3 is 2.73 bits per heavy atom. The van der Waals surface area contributed by atoms with Crippen molar-refractivity contribution in [1.82, 2.24) is 20.8 Å². The number of hydroxylamine groups is 1. The molecule has 136 valence electrons. The summed E-state index contributed by atoms with van der Waals surface area (Å²) < 4.78 is 13.4. The van der Waals surface area contributed by atoms with Crippen LogP contribution in [-0.2, 0) is 11.2 Å². The third kappa shape index (κ3) is 4.41. The molecule has 0 saturated carbocycles. The molecule has 4 N–H and O–H groups in total. The number of aromatic nitrogens is 2. The molecule has 0 unspecified atom stereocenters. The Bertz CT molecular complexity index is 774. The second-order valence-corrected chi connectivity index (χ2v) is 6.25. The minimum absolute atomic E-state index is 0.171. The molecular weight excluding hydrogens is 337 g/mol. The number of anilines is 1. The third-order valence-electron chi connectivity index (χ3n) is 4.29. The van der Waals surface area contributed by atoms with Crippen LogP contribution in [0, 0.1) is 0 Å². The molecular formula is C18H20FN5O2. The van der Waals surface area contributed by atoms with Crippen molar-refractivity contribution in [3.05, 3.63) is 59.8 Å². The van der Waals surface area contributed by atoms with Gasteiger partial charge in [0.2, 0.25) is 0 Å². The van der Waals surface area contributed by atoms with Crippen molar-refractivity contribution in [1.29, 1.82) is 0 Å². The van der Waals surface area contributed by atoms with E-state index in [1.165, 1.54) is 23.4 Å². The van der Waals surface area contributed by atoms with Crippen molar-refractivity contribution in [2.45, 2.75) is 18.4 Å². The highest BCUT2D eigenvalue weighted by molar-refractivity contribution is 5.94. The van der Waals surface area contributed by atoms with Crippen LogP contribution in [-0.4, -0.2) is 39.7 Å². The molecule has 2 aromatic rings. The summed E-state index contributed by atoms with van der Waals surface area (Å²) in [6.45, 7) is 1.71. The summed E-state index contributed by atoms with van der Waals surface area (Å²) in [5.41, 5.74) is 2.46. The lowest BCUT2D eigenvalue weighted by atomic mass is 9.90. The van der Waals surface area contributed by atoms with Crippen molar-refractivity contribution >= 4 is 17.8 Å². The topological polar surface area (TPSA) is 99.2 Å². The summed E-state index contributed by atoms with van der Waals surface area (Å²) in [5.74, 6) is -1.80. The molecule has 0 aliphatic carbocycles. The van der Waals surface area contributed by atoms with E-state index in [1.54, 1.807) is 0 Å². The van der Waals surface area contributed by atoms with Crippen LogP contribution in [0.25, 0.3) is 6.08 Å². The van der Waals surface area contributed by atoms with E-state index in [4.69, 9.17) is 5.21 Å². The van der Waals surface area contributed by atoms with E-state index in [1.807, 2.05) is 18.2 Å². The molecule has 1 saturated heterocycles. The van der Waals surface area contributed by atoms with Gasteiger partial charge in [0, 0.05) is 12.6 Å². The van der Waals surface area contributed by atoms with Crippen LogP contribution in [0.1, 0.15) is 17.7 Å². The van der Waals surface area contributed by atoms with Gasteiger partial charge in [-0.3, -0.25) is 15.0 Å². The smallest absolute Gasteiger partial charge is 0.303 e. The number of rotatable bonds is 6. The molecule has 1 aliphatic rings. The van der Waals surface area contributed by atoms with Gasteiger partial charge in [0.25, 0.3) is 0 Å². The lowest BCUT2D eigenvalue weighted by molar-refractivity contribution is -0.126. The highest BCUT2D eigenvalue weighted by atomic mass is 19.1. The minimum Gasteiger partial charge on any atom is -0.362 e. The summed E-state index contributed by atoms with van der Waals surface area (Å²) >= 11 is 0. The monoisotopic (exact) mass is 357 g/mol. The standard InChI is InChI=1S/C18H20FN5O2/c19-15(17(25)24-26)8-14-10-22-16(11-21-14)23-18(6-7-20-12-18)9-13-4-2-1-3-5-13/h1-5,8,10-11,20,26H,6-7,9,12H2,(H,22,23)(H,24,25)/b15-8-/t18-/m0/s1. The minimum atomic E-state index is -1.23. The Morgan fingerprint density at radius 2 is 2.12 bits per heavy atom. The Morgan fingerprint density at radius 1 is 1.31 bits per heavy atom. The molecule has 1 aromatic heterocycles. The lowest BCUT2D eigenvalue weighted by Crippen LogP contribution is -2.43. The number of hydrogen-bond donors (Lipinski definition) is 4. The van der Waals surface area contributed by atoms with Crippen LogP contribution in [0.3, 0.4) is 0 Å². The van der Waals surface area contributed by atoms with Crippen molar-refractivity contribution in [2.24, 2.45) is 0 Å². The van der Waals surface area contributed by atoms with E-state index in [-0.39, 0.29) is 11.2 Å². The van der Waals surface area contributed by atoms with Crippen LogP contribution in [0.5, 0.6) is 0 Å². The van der Waals surface area contributed by atoms with E-state index in [0.29, 0.717) is 5.82 Å². The van der Waals surface area contributed by atoms with Crippen LogP contribution in [0.4, 0.5) is 10.2 Å². The van der Waals surface area contributed by atoms with Crippen LogP contribution >= 0.6 is 0 Å². The maximum absolute atomic E-state index is 13.4. The average Bonchev–Trinajstić information content (AvgIpc) is 3.11. The van der Waals surface area contributed by atoms with Gasteiger partial charge in [-0.05, 0) is 24.9 Å². The Kier molecular flexibility index (Phi) is 5.55. The van der Waals surface area contributed by atoms with Gasteiger partial charge < -0.3 is 10.6 Å². The number of carbonyl (C=O) groups excluding carboxylic acids is 1. The van der Waals surface area contributed by atoms with E-state index in [2.05, 4.69) is 32.7 Å². The predicted octanol–water partition coefficient (Wildman–Crippen LogP) is 1.68. The average molecular weight is 357 g/mol. The number of hydrogen-bond acceptors (Lipinski definition) is 6. The zero-order valence-electron chi connectivity index (χ0n) is 14.1. The number of amides is 1. The maximum Gasteiger partial charge on any atom is 0.303 e. The first-order valence-electron chi connectivity index (χ1n) is 8.27. The normalized spacial score (nSPS) is 20.0. The predicted molar refractivity (Wildman–Crippen MR) is 95.0 cm³/mol. The lowest BCUT2D eigenvalue weighted by Gasteiger charge is -2.30. The summed E-state index contributed by atoms with van der Waals surface area (Å²) in [6.07, 6.45) is 5.55. The Labute approximate surface area is 150 Å². The summed E-state index contributed by atoms with van der Waals surface area (Å²) in [4.78, 5) is 19.3. The zero-order valence-corrected chi connectivity index (χ0v) is 14.1. The molecule has 1 fully saturated rings. The van der Waals surface area contributed by atoms with Gasteiger partial charge in [0.1, 0.15) is 5.82 Å². The number of carbonyl (C=O) groups is 1. The molecule has 2 heterocycles. The number of nitrogens with one attached hydrogen (secondary N) is 3. The van der Waals surface area contributed by atoms with Crippen molar-refractivity contribution in [3.63, 3.8) is 0 Å². The van der Waals surface area contributed by atoms with E-state index >= 15 is 0 Å². The molecule has 7 nitrogen and oxygen atoms in total. The van der Waals surface area contributed by atoms with Crippen LogP contribution < -0.4 is 16.1 Å². The van der Waals surface area contributed by atoms with Crippen molar-refractivity contribution in [2.75, 3.05) is 18.4 Å². The van der Waals surface area contributed by atoms with Crippen LogP contribution in [0.2, 0.25) is 0 Å². The Balaban J connectivity index is 1.73. The third-order valence-corrected chi connectivity index (χ3v) is 4.29. The van der Waals surface area contributed by atoms with Crippen molar-refractivity contribution < 1.29 is 14.4 Å². The van der Waals surface area contributed by atoms with Gasteiger partial charge in [-0.15, -0.1) is 0 Å².